The summed E-state index contributed by atoms with van der Waals surface area (Å²) in [4.78, 5) is 12.8. The summed E-state index contributed by atoms with van der Waals surface area (Å²) < 4.78 is 37.9. The van der Waals surface area contributed by atoms with Gasteiger partial charge in [0.1, 0.15) is 5.71 Å². The van der Waals surface area contributed by atoms with E-state index in [0.717, 1.165) is 12.1 Å². The van der Waals surface area contributed by atoms with E-state index < -0.39 is 11.7 Å². The number of alkyl halides is 3. The predicted molar refractivity (Wildman–Crippen MR) is 103 cm³/mol. The van der Waals surface area contributed by atoms with Gasteiger partial charge in [-0.2, -0.15) is 18.3 Å². The molecule has 0 aliphatic rings. The highest BCUT2D eigenvalue weighted by Gasteiger charge is 2.29. The van der Waals surface area contributed by atoms with Crippen molar-refractivity contribution >= 4 is 17.7 Å². The monoisotopic (exact) mass is 380 g/mol. The number of benzene rings is 3. The summed E-state index contributed by atoms with van der Waals surface area (Å²) in [6.45, 7) is 0. The Bertz CT molecular complexity index is 993. The Kier molecular flexibility index (Phi) is 5.79. The average molecular weight is 380 g/mol. The minimum Gasteiger partial charge on any atom is -0.287 e. The number of rotatable bonds is 5. The normalized spacial score (nSPS) is 12.3. The van der Waals surface area contributed by atoms with Crippen LogP contribution >= 0.6 is 0 Å². The molecule has 3 nitrogen and oxygen atoms in total. The van der Waals surface area contributed by atoms with Crippen LogP contribution in [0.5, 0.6) is 0 Å². The highest BCUT2D eigenvalue weighted by atomic mass is 19.4. The smallest absolute Gasteiger partial charge is 0.287 e. The van der Waals surface area contributed by atoms with Gasteiger partial charge in [-0.1, -0.05) is 72.8 Å². The van der Waals surface area contributed by atoms with Crippen LogP contribution in [0.1, 0.15) is 27.0 Å². The fraction of sp³-hybridized carbons (Fsp3) is 0.0455. The van der Waals surface area contributed by atoms with E-state index in [0.29, 0.717) is 16.7 Å². The zero-order valence-corrected chi connectivity index (χ0v) is 14.6. The molecule has 6 heteroatoms. The topological polar surface area (TPSA) is 41.8 Å². The van der Waals surface area contributed by atoms with Crippen molar-refractivity contribution in [1.29, 1.82) is 0 Å². The van der Waals surface area contributed by atoms with Crippen molar-refractivity contribution in [3.63, 3.8) is 0 Å². The number of carbonyl (C=O) groups is 1. The van der Waals surface area contributed by atoms with Gasteiger partial charge in [-0.25, -0.2) is 0 Å². The zero-order chi connectivity index (χ0) is 20.0. The molecule has 0 fully saturated rings. The number of hydrogen-bond acceptors (Lipinski definition) is 3. The van der Waals surface area contributed by atoms with E-state index in [-0.39, 0.29) is 11.5 Å². The summed E-state index contributed by atoms with van der Waals surface area (Å²) >= 11 is 0. The maximum Gasteiger partial charge on any atom is 0.416 e. The Balaban J connectivity index is 1.89. The molecule has 0 radical (unpaired) electrons. The molecule has 140 valence electrons. The first-order valence-corrected chi connectivity index (χ1v) is 8.38. The van der Waals surface area contributed by atoms with E-state index in [1.54, 1.807) is 54.6 Å². The van der Waals surface area contributed by atoms with Crippen LogP contribution in [0.4, 0.5) is 13.2 Å². The van der Waals surface area contributed by atoms with Crippen LogP contribution in [0, 0.1) is 0 Å². The maximum atomic E-state index is 12.8. The molecule has 0 heterocycles. The van der Waals surface area contributed by atoms with E-state index in [2.05, 4.69) is 10.2 Å². The van der Waals surface area contributed by atoms with Crippen LogP contribution in [0.15, 0.2) is 95.1 Å². The van der Waals surface area contributed by atoms with Gasteiger partial charge in [0.25, 0.3) is 0 Å². The quantitative estimate of drug-likeness (QED) is 0.331. The third kappa shape index (κ3) is 4.79. The van der Waals surface area contributed by atoms with Gasteiger partial charge in [0.2, 0.25) is 5.78 Å². The molecule has 28 heavy (non-hydrogen) atoms. The largest absolute Gasteiger partial charge is 0.416 e. The fourth-order valence-electron chi connectivity index (χ4n) is 2.47. The van der Waals surface area contributed by atoms with Gasteiger partial charge in [0.15, 0.2) is 0 Å². The first-order chi connectivity index (χ1) is 13.4. The van der Waals surface area contributed by atoms with E-state index >= 15 is 0 Å². The highest BCUT2D eigenvalue weighted by molar-refractivity contribution is 6.51. The van der Waals surface area contributed by atoms with Crippen molar-refractivity contribution in [2.45, 2.75) is 6.18 Å². The number of nitrogens with zero attached hydrogens (tertiary/aromatic N) is 2. The van der Waals surface area contributed by atoms with E-state index in [1.165, 1.54) is 18.3 Å². The van der Waals surface area contributed by atoms with Crippen LogP contribution in [0.2, 0.25) is 0 Å². The van der Waals surface area contributed by atoms with Gasteiger partial charge < -0.3 is 0 Å². The van der Waals surface area contributed by atoms with Crippen LogP contribution < -0.4 is 0 Å². The molecule has 0 spiro atoms. The number of hydrogen-bond donors (Lipinski definition) is 0. The highest BCUT2D eigenvalue weighted by Crippen LogP contribution is 2.28. The van der Waals surface area contributed by atoms with Crippen molar-refractivity contribution in [2.24, 2.45) is 10.2 Å². The Morgan fingerprint density at radius 1 is 0.750 bits per heavy atom. The van der Waals surface area contributed by atoms with Crippen LogP contribution in [-0.2, 0) is 6.18 Å². The summed E-state index contributed by atoms with van der Waals surface area (Å²) in [5.41, 5.74) is 0.916. The second kappa shape index (κ2) is 8.43. The molecule has 3 aromatic rings. The molecule has 3 aromatic carbocycles. The summed E-state index contributed by atoms with van der Waals surface area (Å²) in [6, 6.07) is 22.1. The third-order valence-corrected chi connectivity index (χ3v) is 3.90. The summed E-state index contributed by atoms with van der Waals surface area (Å²) in [5.74, 6) is -0.295. The number of carbonyl (C=O) groups excluding carboxylic acids is 1. The molecule has 0 aliphatic carbocycles. The first kappa shape index (κ1) is 19.2. The second-order valence-corrected chi connectivity index (χ2v) is 5.87. The van der Waals surface area contributed by atoms with Gasteiger partial charge in [0, 0.05) is 11.1 Å². The minimum absolute atomic E-state index is 0.148. The van der Waals surface area contributed by atoms with Crippen LogP contribution in [-0.4, -0.2) is 17.7 Å². The lowest BCUT2D eigenvalue weighted by molar-refractivity contribution is -0.137. The lowest BCUT2D eigenvalue weighted by Gasteiger charge is -2.06. The number of ketones is 1. The predicted octanol–water partition coefficient (Wildman–Crippen LogP) is 5.41. The average Bonchev–Trinajstić information content (AvgIpc) is 2.72. The minimum atomic E-state index is -4.39. The third-order valence-electron chi connectivity index (χ3n) is 3.90. The van der Waals surface area contributed by atoms with Crippen molar-refractivity contribution < 1.29 is 18.0 Å². The fourth-order valence-corrected chi connectivity index (χ4v) is 2.47. The molecule has 0 unspecified atom stereocenters. The van der Waals surface area contributed by atoms with Crippen molar-refractivity contribution in [3.05, 3.63) is 107 Å². The van der Waals surface area contributed by atoms with Crippen LogP contribution in [0.3, 0.4) is 0 Å². The molecular weight excluding hydrogens is 365 g/mol. The van der Waals surface area contributed by atoms with Gasteiger partial charge >= 0.3 is 6.18 Å². The van der Waals surface area contributed by atoms with Gasteiger partial charge in [0.05, 0.1) is 11.8 Å². The lowest BCUT2D eigenvalue weighted by atomic mass is 10.0. The van der Waals surface area contributed by atoms with E-state index in [1.807, 2.05) is 6.07 Å². The van der Waals surface area contributed by atoms with Crippen molar-refractivity contribution in [1.82, 2.24) is 0 Å². The molecule has 0 aliphatic heterocycles. The maximum absolute atomic E-state index is 12.8. The van der Waals surface area contributed by atoms with Crippen LogP contribution in [0.25, 0.3) is 0 Å². The molecule has 0 bridgehead atoms. The molecule has 0 aromatic heterocycles. The van der Waals surface area contributed by atoms with Crippen molar-refractivity contribution in [2.75, 3.05) is 0 Å². The number of halogens is 3. The Labute approximate surface area is 159 Å². The standard InChI is InChI=1S/C22H15F3N2O/c23-22(24,25)19-13-11-16(12-14-19)15-26-27-20(17-7-3-1-4-8-17)21(28)18-9-5-2-6-10-18/h1-15H/b26-15-,27-20-. The zero-order valence-electron chi connectivity index (χ0n) is 14.6. The van der Waals surface area contributed by atoms with Gasteiger partial charge in [-0.3, -0.25) is 4.79 Å². The Morgan fingerprint density at radius 2 is 1.29 bits per heavy atom. The summed E-state index contributed by atoms with van der Waals surface area (Å²) in [6.07, 6.45) is -3.09. The van der Waals surface area contributed by atoms with E-state index in [9.17, 15) is 18.0 Å². The molecule has 3 rings (SSSR count). The summed E-state index contributed by atoms with van der Waals surface area (Å²) in [7, 11) is 0. The molecule has 0 saturated heterocycles. The van der Waals surface area contributed by atoms with E-state index in [4.69, 9.17) is 0 Å². The van der Waals surface area contributed by atoms with Crippen molar-refractivity contribution in [3.8, 4) is 0 Å². The molecule has 0 N–H and O–H groups in total. The Morgan fingerprint density at radius 3 is 1.82 bits per heavy atom. The van der Waals surface area contributed by atoms with Gasteiger partial charge in [-0.15, -0.1) is 5.10 Å². The summed E-state index contributed by atoms with van der Waals surface area (Å²) in [5, 5.41) is 7.97. The first-order valence-electron chi connectivity index (χ1n) is 8.38. The molecule has 0 atom stereocenters. The van der Waals surface area contributed by atoms with Gasteiger partial charge in [-0.05, 0) is 17.7 Å². The Hall–Kier alpha value is -3.54. The SMILES string of the molecule is O=C(/C(=N\N=C/c1ccc(C(F)(F)F)cc1)c1ccccc1)c1ccccc1. The molecule has 0 amide bonds. The molecule has 0 saturated carbocycles. The second-order valence-electron chi connectivity index (χ2n) is 5.87. The molecular formula is C22H15F3N2O. The number of Topliss-reactive ketones (excluding diaryl/α,β-unsaturated/α-hetero) is 1. The lowest BCUT2D eigenvalue weighted by Crippen LogP contribution is -2.15.